The number of ether oxygens (including phenoxy) is 2. The molecule has 0 amide bonds. The first kappa shape index (κ1) is 18.9. The van der Waals surface area contributed by atoms with E-state index in [1.54, 1.807) is 24.3 Å². The minimum absolute atomic E-state index is 0.0465. The van der Waals surface area contributed by atoms with E-state index in [-0.39, 0.29) is 41.0 Å². The zero-order valence-corrected chi connectivity index (χ0v) is 16.7. The molecule has 0 aromatic heterocycles. The van der Waals surface area contributed by atoms with Gasteiger partial charge in [-0.1, -0.05) is 51.1 Å². The summed E-state index contributed by atoms with van der Waals surface area (Å²) < 4.78 is 11.5. The molecule has 0 N–H and O–H groups in total. The van der Waals surface area contributed by atoms with Crippen LogP contribution in [0, 0.1) is 28.6 Å². The standard InChI is InChI=1S/C23H26O5/c1-13(24)27-19-17-16(12-22(19,2)3)15-10-11-23(17,4)20(18(15)25)28-21(26)14-8-6-5-7-9-14/h5-11,15-17,19-20H,12H2,1-4H3/t15-,16+,17-,19-,20-,23+/m0/s1. The highest BCUT2D eigenvalue weighted by Gasteiger charge is 2.68. The van der Waals surface area contributed by atoms with Crippen LogP contribution in [-0.2, 0) is 19.1 Å². The van der Waals surface area contributed by atoms with Gasteiger partial charge < -0.3 is 9.47 Å². The number of esters is 2. The predicted octanol–water partition coefficient (Wildman–Crippen LogP) is 3.58. The summed E-state index contributed by atoms with van der Waals surface area (Å²) in [6.07, 6.45) is 3.57. The van der Waals surface area contributed by atoms with Crippen LogP contribution in [0.1, 0.15) is 44.5 Å². The molecule has 2 fully saturated rings. The van der Waals surface area contributed by atoms with E-state index in [0.717, 1.165) is 6.42 Å². The second-order valence-electron chi connectivity index (χ2n) is 9.22. The lowest BCUT2D eigenvalue weighted by atomic mass is 9.53. The van der Waals surface area contributed by atoms with Crippen molar-refractivity contribution in [3.8, 4) is 0 Å². The van der Waals surface area contributed by atoms with Gasteiger partial charge in [-0.2, -0.15) is 0 Å². The van der Waals surface area contributed by atoms with E-state index < -0.39 is 17.5 Å². The van der Waals surface area contributed by atoms with Gasteiger partial charge in [-0.3, -0.25) is 9.59 Å². The molecule has 0 radical (unpaired) electrons. The van der Waals surface area contributed by atoms with Crippen molar-refractivity contribution in [2.45, 2.75) is 46.3 Å². The van der Waals surface area contributed by atoms with Crippen LogP contribution in [0.2, 0.25) is 0 Å². The van der Waals surface area contributed by atoms with E-state index in [4.69, 9.17) is 9.47 Å². The second kappa shape index (κ2) is 6.29. The molecule has 0 aliphatic heterocycles. The van der Waals surface area contributed by atoms with Crippen molar-refractivity contribution in [2.75, 3.05) is 0 Å². The number of rotatable bonds is 3. The van der Waals surface area contributed by atoms with Gasteiger partial charge in [0.25, 0.3) is 0 Å². The molecule has 0 spiro atoms. The quantitative estimate of drug-likeness (QED) is 0.590. The van der Waals surface area contributed by atoms with Crippen LogP contribution >= 0.6 is 0 Å². The van der Waals surface area contributed by atoms with Crippen LogP contribution in [0.25, 0.3) is 0 Å². The Morgan fingerprint density at radius 3 is 2.39 bits per heavy atom. The molecule has 1 aromatic rings. The summed E-state index contributed by atoms with van der Waals surface area (Å²) in [5.74, 6) is -1.15. The Labute approximate surface area is 165 Å². The summed E-state index contributed by atoms with van der Waals surface area (Å²) in [7, 11) is 0. The fraction of sp³-hybridized carbons (Fsp3) is 0.522. The molecule has 0 saturated heterocycles. The monoisotopic (exact) mass is 382 g/mol. The maximum atomic E-state index is 13.2. The highest BCUT2D eigenvalue weighted by atomic mass is 16.6. The molecule has 148 valence electrons. The van der Waals surface area contributed by atoms with Crippen molar-refractivity contribution < 1.29 is 23.9 Å². The van der Waals surface area contributed by atoms with Gasteiger partial charge in [-0.25, -0.2) is 4.79 Å². The Morgan fingerprint density at radius 1 is 1.07 bits per heavy atom. The maximum Gasteiger partial charge on any atom is 0.338 e. The Bertz CT molecular complexity index is 855. The minimum Gasteiger partial charge on any atom is -0.462 e. The molecule has 28 heavy (non-hydrogen) atoms. The molecular weight excluding hydrogens is 356 g/mol. The van der Waals surface area contributed by atoms with Crippen molar-refractivity contribution >= 4 is 17.7 Å². The number of hydrogen-bond donors (Lipinski definition) is 0. The third-order valence-corrected chi connectivity index (χ3v) is 6.84. The van der Waals surface area contributed by atoms with Gasteiger partial charge in [0.05, 0.1) is 5.56 Å². The molecule has 4 aliphatic carbocycles. The summed E-state index contributed by atoms with van der Waals surface area (Å²) in [6, 6.07) is 8.70. The SMILES string of the molecule is CC(=O)O[C@H]1[C@@H]2[C@H](CC1(C)C)[C@@H]1C=C[C@@]2(C)[C@@H](OC(=O)c2ccccc2)C1=O. The van der Waals surface area contributed by atoms with E-state index in [1.807, 2.05) is 25.1 Å². The van der Waals surface area contributed by atoms with Crippen LogP contribution in [0.5, 0.6) is 0 Å². The lowest BCUT2D eigenvalue weighted by molar-refractivity contribution is -0.168. The number of ketones is 1. The average Bonchev–Trinajstić information content (AvgIpc) is 2.90. The van der Waals surface area contributed by atoms with Gasteiger partial charge in [-0.05, 0) is 24.5 Å². The number of Topliss-reactive ketones (excluding diaryl/α,β-unsaturated/α-hetero) is 1. The maximum absolute atomic E-state index is 13.2. The molecule has 2 saturated carbocycles. The van der Waals surface area contributed by atoms with Gasteiger partial charge >= 0.3 is 11.9 Å². The van der Waals surface area contributed by atoms with Gasteiger partial charge in [-0.15, -0.1) is 0 Å². The van der Waals surface area contributed by atoms with Crippen LogP contribution in [0.3, 0.4) is 0 Å². The molecular formula is C23H26O5. The zero-order valence-electron chi connectivity index (χ0n) is 16.7. The number of allylic oxidation sites excluding steroid dienone is 1. The van der Waals surface area contributed by atoms with Gasteiger partial charge in [0.1, 0.15) is 6.10 Å². The third kappa shape index (κ3) is 2.71. The van der Waals surface area contributed by atoms with Gasteiger partial charge in [0.2, 0.25) is 0 Å². The van der Waals surface area contributed by atoms with E-state index >= 15 is 0 Å². The highest BCUT2D eigenvalue weighted by Crippen LogP contribution is 2.63. The lowest BCUT2D eigenvalue weighted by Gasteiger charge is -2.52. The summed E-state index contributed by atoms with van der Waals surface area (Å²) in [6.45, 7) is 7.53. The summed E-state index contributed by atoms with van der Waals surface area (Å²) in [5, 5.41) is 0. The van der Waals surface area contributed by atoms with Crippen LogP contribution in [0.15, 0.2) is 42.5 Å². The molecule has 0 heterocycles. The predicted molar refractivity (Wildman–Crippen MR) is 102 cm³/mol. The number of hydrogen-bond acceptors (Lipinski definition) is 5. The number of carbonyl (C=O) groups is 3. The van der Waals surface area contributed by atoms with E-state index in [2.05, 4.69) is 13.8 Å². The second-order valence-corrected chi connectivity index (χ2v) is 9.22. The van der Waals surface area contributed by atoms with Crippen molar-refractivity contribution in [1.29, 1.82) is 0 Å². The first-order chi connectivity index (χ1) is 13.1. The number of carbonyl (C=O) groups excluding carboxylic acids is 3. The van der Waals surface area contributed by atoms with Crippen molar-refractivity contribution in [2.24, 2.45) is 28.6 Å². The van der Waals surface area contributed by atoms with Crippen molar-refractivity contribution in [1.82, 2.24) is 0 Å². The van der Waals surface area contributed by atoms with Crippen LogP contribution in [0.4, 0.5) is 0 Å². The summed E-state index contributed by atoms with van der Waals surface area (Å²) >= 11 is 0. The normalized spacial score (nSPS) is 37.4. The Morgan fingerprint density at radius 2 is 1.75 bits per heavy atom. The first-order valence-corrected chi connectivity index (χ1v) is 9.81. The zero-order chi connectivity index (χ0) is 20.3. The number of fused-ring (bicyclic) bond motifs is 1. The van der Waals surface area contributed by atoms with E-state index in [9.17, 15) is 14.4 Å². The van der Waals surface area contributed by atoms with Gasteiger partial charge in [0, 0.05) is 29.6 Å². The topological polar surface area (TPSA) is 69.7 Å². The van der Waals surface area contributed by atoms with E-state index in [1.165, 1.54) is 6.92 Å². The molecule has 5 heteroatoms. The number of benzene rings is 1. The third-order valence-electron chi connectivity index (χ3n) is 6.84. The Hall–Kier alpha value is -2.43. The molecule has 6 atom stereocenters. The smallest absolute Gasteiger partial charge is 0.338 e. The highest BCUT2D eigenvalue weighted by molar-refractivity contribution is 5.96. The van der Waals surface area contributed by atoms with E-state index in [0.29, 0.717) is 5.56 Å². The summed E-state index contributed by atoms with van der Waals surface area (Å²) in [4.78, 5) is 37.7. The molecule has 5 nitrogen and oxygen atoms in total. The molecule has 2 bridgehead atoms. The molecule has 4 aliphatic rings. The largest absolute Gasteiger partial charge is 0.462 e. The van der Waals surface area contributed by atoms with Crippen LogP contribution < -0.4 is 0 Å². The Kier molecular flexibility index (Phi) is 4.25. The fourth-order valence-corrected chi connectivity index (χ4v) is 5.66. The lowest BCUT2D eigenvalue weighted by Crippen LogP contribution is -2.60. The average molecular weight is 382 g/mol. The van der Waals surface area contributed by atoms with Crippen molar-refractivity contribution in [3.63, 3.8) is 0 Å². The summed E-state index contributed by atoms with van der Waals surface area (Å²) in [5.41, 5.74) is -0.524. The molecule has 1 aromatic carbocycles. The first-order valence-electron chi connectivity index (χ1n) is 9.81. The Balaban J connectivity index is 1.70. The van der Waals surface area contributed by atoms with Crippen LogP contribution in [-0.4, -0.2) is 29.9 Å². The molecule has 0 unspecified atom stereocenters. The van der Waals surface area contributed by atoms with Gasteiger partial charge in [0.15, 0.2) is 11.9 Å². The fourth-order valence-electron chi connectivity index (χ4n) is 5.66. The minimum atomic E-state index is -0.872. The van der Waals surface area contributed by atoms with Crippen molar-refractivity contribution in [3.05, 3.63) is 48.0 Å². The molecule has 5 rings (SSSR count).